The lowest BCUT2D eigenvalue weighted by molar-refractivity contribution is -0.385. The molecule has 0 aliphatic heterocycles. The highest BCUT2D eigenvalue weighted by Gasteiger charge is 2.23. The van der Waals surface area contributed by atoms with Crippen molar-refractivity contribution >= 4 is 44.3 Å². The fraction of sp³-hybridized carbons (Fsp3) is 0.182. The smallest absolute Gasteiger partial charge is 0.274 e. The molecule has 7 nitrogen and oxygen atoms in total. The maximum absolute atomic E-state index is 12.3. The molecule has 0 aliphatic carbocycles. The highest BCUT2D eigenvalue weighted by atomic mass is 35.5. The summed E-state index contributed by atoms with van der Waals surface area (Å²) in [5, 5.41) is 10.9. The number of hydrogen-bond donors (Lipinski definition) is 1. The minimum absolute atomic E-state index is 0.0154. The van der Waals surface area contributed by atoms with Gasteiger partial charge in [0.25, 0.3) is 15.7 Å². The molecule has 0 saturated heterocycles. The quantitative estimate of drug-likeness (QED) is 0.676. The third-order valence-corrected chi connectivity index (χ3v) is 5.96. The van der Waals surface area contributed by atoms with Crippen molar-refractivity contribution in [2.24, 2.45) is 0 Å². The van der Waals surface area contributed by atoms with E-state index in [1.807, 2.05) is 0 Å². The molecule has 0 atom stereocenters. The average Bonchev–Trinajstić information content (AvgIpc) is 2.71. The van der Waals surface area contributed by atoms with Gasteiger partial charge in [0, 0.05) is 6.07 Å². The SMILES string of the molecule is Cc1nc(Cl)sc1S(=O)(=O)Nc1cccc([N+](=O)[O-])c1C. The molecule has 0 aliphatic rings. The standard InChI is InChI=1S/C11H10ClN3O4S2/c1-6-8(4-3-5-9(6)15(16)17)14-21(18,19)10-7(2)13-11(12)20-10/h3-5,14H,1-2H3. The lowest BCUT2D eigenvalue weighted by atomic mass is 10.2. The van der Waals surface area contributed by atoms with E-state index in [0.29, 0.717) is 0 Å². The number of nitro benzene ring substituents is 1. The number of benzene rings is 1. The summed E-state index contributed by atoms with van der Waals surface area (Å²) in [6.07, 6.45) is 0. The summed E-state index contributed by atoms with van der Waals surface area (Å²) in [5.74, 6) is 0. The van der Waals surface area contributed by atoms with Crippen LogP contribution in [-0.4, -0.2) is 18.3 Å². The van der Waals surface area contributed by atoms with Crippen LogP contribution in [0.1, 0.15) is 11.3 Å². The predicted octanol–water partition coefficient (Wildman–Crippen LogP) is 3.12. The number of nitrogens with one attached hydrogen (secondary N) is 1. The van der Waals surface area contributed by atoms with Gasteiger partial charge in [0.1, 0.15) is 0 Å². The first-order valence-electron chi connectivity index (χ1n) is 5.62. The zero-order valence-electron chi connectivity index (χ0n) is 11.0. The van der Waals surface area contributed by atoms with E-state index in [1.54, 1.807) is 0 Å². The number of anilines is 1. The van der Waals surface area contributed by atoms with Crippen LogP contribution < -0.4 is 4.72 Å². The number of nitrogens with zero attached hydrogens (tertiary/aromatic N) is 2. The summed E-state index contributed by atoms with van der Waals surface area (Å²) in [6.45, 7) is 3.00. The molecule has 0 bridgehead atoms. The van der Waals surface area contributed by atoms with E-state index in [4.69, 9.17) is 11.6 Å². The van der Waals surface area contributed by atoms with Crippen molar-refractivity contribution in [3.05, 3.63) is 44.0 Å². The van der Waals surface area contributed by atoms with Gasteiger partial charge in [-0.25, -0.2) is 13.4 Å². The Bertz CT molecular complexity index is 817. The molecule has 112 valence electrons. The van der Waals surface area contributed by atoms with Gasteiger partial charge < -0.3 is 0 Å². The Labute approximate surface area is 129 Å². The summed E-state index contributed by atoms with van der Waals surface area (Å²) >= 11 is 6.53. The lowest BCUT2D eigenvalue weighted by Crippen LogP contribution is -2.14. The summed E-state index contributed by atoms with van der Waals surface area (Å²) in [6, 6.07) is 4.18. The molecular weight excluding hydrogens is 338 g/mol. The molecule has 10 heteroatoms. The van der Waals surface area contributed by atoms with Crippen LogP contribution in [0.5, 0.6) is 0 Å². The second kappa shape index (κ2) is 5.58. The first kappa shape index (κ1) is 15.7. The van der Waals surface area contributed by atoms with Gasteiger partial charge in [0.15, 0.2) is 8.68 Å². The first-order chi connectivity index (χ1) is 9.72. The van der Waals surface area contributed by atoms with Crippen LogP contribution in [-0.2, 0) is 10.0 Å². The summed E-state index contributed by atoms with van der Waals surface area (Å²) in [5.41, 5.74) is 0.502. The second-order valence-corrected chi connectivity index (χ2v) is 7.61. The molecular formula is C11H10ClN3O4S2. The molecule has 2 rings (SSSR count). The van der Waals surface area contributed by atoms with Gasteiger partial charge >= 0.3 is 0 Å². The van der Waals surface area contributed by atoms with Crippen LogP contribution in [0.25, 0.3) is 0 Å². The first-order valence-corrected chi connectivity index (χ1v) is 8.30. The predicted molar refractivity (Wildman–Crippen MR) is 80.5 cm³/mol. The van der Waals surface area contributed by atoms with Gasteiger partial charge in [0.05, 0.1) is 21.9 Å². The molecule has 0 radical (unpaired) electrons. The minimum atomic E-state index is -3.89. The molecule has 1 heterocycles. The van der Waals surface area contributed by atoms with Crippen molar-refractivity contribution in [3.63, 3.8) is 0 Å². The molecule has 0 unspecified atom stereocenters. The van der Waals surface area contributed by atoms with Crippen molar-refractivity contribution in [1.29, 1.82) is 0 Å². The van der Waals surface area contributed by atoms with Crippen molar-refractivity contribution in [2.45, 2.75) is 18.1 Å². The van der Waals surface area contributed by atoms with Crippen LogP contribution >= 0.6 is 22.9 Å². The molecule has 2 aromatic rings. The zero-order valence-corrected chi connectivity index (χ0v) is 13.3. The van der Waals surface area contributed by atoms with Gasteiger partial charge in [-0.05, 0) is 19.9 Å². The van der Waals surface area contributed by atoms with E-state index < -0.39 is 14.9 Å². The number of hydrogen-bond acceptors (Lipinski definition) is 6. The number of halogens is 1. The van der Waals surface area contributed by atoms with E-state index in [2.05, 4.69) is 9.71 Å². The summed E-state index contributed by atoms with van der Waals surface area (Å²) in [7, 11) is -3.89. The Morgan fingerprint density at radius 3 is 2.57 bits per heavy atom. The Kier molecular flexibility index (Phi) is 4.17. The van der Waals surface area contributed by atoms with Crippen molar-refractivity contribution in [2.75, 3.05) is 4.72 Å². The van der Waals surface area contributed by atoms with Gasteiger partial charge in [-0.2, -0.15) is 0 Å². The largest absolute Gasteiger partial charge is 0.278 e. The zero-order chi connectivity index (χ0) is 15.8. The Balaban J connectivity index is 2.45. The number of nitro groups is 1. The number of aromatic nitrogens is 1. The number of sulfonamides is 1. The number of aryl methyl sites for hydroxylation is 1. The number of rotatable bonds is 4. The van der Waals surface area contributed by atoms with Crippen LogP contribution in [0.3, 0.4) is 0 Å². The fourth-order valence-electron chi connectivity index (χ4n) is 1.72. The maximum atomic E-state index is 12.3. The van der Waals surface area contributed by atoms with Crippen molar-refractivity contribution in [1.82, 2.24) is 4.98 Å². The van der Waals surface area contributed by atoms with Gasteiger partial charge in [-0.15, -0.1) is 0 Å². The minimum Gasteiger partial charge on any atom is -0.278 e. The lowest BCUT2D eigenvalue weighted by Gasteiger charge is -2.09. The summed E-state index contributed by atoms with van der Waals surface area (Å²) < 4.78 is 27.0. The third-order valence-electron chi connectivity index (χ3n) is 2.72. The van der Waals surface area contributed by atoms with Crippen molar-refractivity contribution in [3.8, 4) is 0 Å². The highest BCUT2D eigenvalue weighted by Crippen LogP contribution is 2.31. The van der Waals surface area contributed by atoms with E-state index in [-0.39, 0.29) is 31.3 Å². The molecule has 0 amide bonds. The third kappa shape index (κ3) is 3.14. The Hall–Kier alpha value is -1.71. The number of thiazole rings is 1. The van der Waals surface area contributed by atoms with E-state index in [0.717, 1.165) is 11.3 Å². The molecule has 0 spiro atoms. The monoisotopic (exact) mass is 347 g/mol. The maximum Gasteiger partial charge on any atom is 0.274 e. The van der Waals surface area contributed by atoms with Crippen LogP contribution in [0, 0.1) is 24.0 Å². The second-order valence-electron chi connectivity index (χ2n) is 4.15. The normalized spacial score (nSPS) is 11.4. The van der Waals surface area contributed by atoms with E-state index in [9.17, 15) is 18.5 Å². The molecule has 0 fully saturated rings. The molecule has 1 aromatic heterocycles. The molecule has 1 N–H and O–H groups in total. The van der Waals surface area contributed by atoms with Crippen molar-refractivity contribution < 1.29 is 13.3 Å². The van der Waals surface area contributed by atoms with Gasteiger partial charge in [-0.1, -0.05) is 29.0 Å². The molecule has 0 saturated carbocycles. The Morgan fingerprint density at radius 1 is 1.38 bits per heavy atom. The topological polar surface area (TPSA) is 102 Å². The van der Waals surface area contributed by atoms with Crippen LogP contribution in [0.2, 0.25) is 4.47 Å². The summed E-state index contributed by atoms with van der Waals surface area (Å²) in [4.78, 5) is 14.1. The average molecular weight is 348 g/mol. The van der Waals surface area contributed by atoms with E-state index in [1.165, 1.54) is 32.0 Å². The van der Waals surface area contributed by atoms with Crippen LogP contribution in [0.15, 0.2) is 22.4 Å². The molecule has 21 heavy (non-hydrogen) atoms. The van der Waals surface area contributed by atoms with Gasteiger partial charge in [-0.3, -0.25) is 14.8 Å². The molecule has 1 aromatic carbocycles. The highest BCUT2D eigenvalue weighted by molar-refractivity contribution is 7.94. The van der Waals surface area contributed by atoms with E-state index >= 15 is 0 Å². The van der Waals surface area contributed by atoms with Gasteiger partial charge in [0.2, 0.25) is 0 Å². The fourth-order valence-corrected chi connectivity index (χ4v) is 4.59. The van der Waals surface area contributed by atoms with Crippen LogP contribution in [0.4, 0.5) is 11.4 Å². The Morgan fingerprint density at radius 2 is 2.05 bits per heavy atom.